The normalized spacial score (nSPS) is 20.0. The average molecular weight is 505 g/mol. The van der Waals surface area contributed by atoms with Gasteiger partial charge in [-0.1, -0.05) is 6.92 Å². The minimum Gasteiger partial charge on any atom is -0.463 e. The van der Waals surface area contributed by atoms with Gasteiger partial charge < -0.3 is 26.4 Å². The van der Waals surface area contributed by atoms with Gasteiger partial charge in [-0.15, -0.1) is 0 Å². The van der Waals surface area contributed by atoms with Crippen LogP contribution in [-0.4, -0.2) is 63.4 Å². The van der Waals surface area contributed by atoms with Gasteiger partial charge in [-0.05, 0) is 38.3 Å². The zero-order chi connectivity index (χ0) is 26.0. The molecule has 5 N–H and O–H groups in total. The van der Waals surface area contributed by atoms with Crippen molar-refractivity contribution >= 4 is 23.5 Å². The summed E-state index contributed by atoms with van der Waals surface area (Å²) in [6, 6.07) is 3.14. The molecule has 3 heterocycles. The van der Waals surface area contributed by atoms with Gasteiger partial charge in [-0.2, -0.15) is 15.0 Å². The Morgan fingerprint density at radius 3 is 2.53 bits per heavy atom. The highest BCUT2D eigenvalue weighted by molar-refractivity contribution is 5.95. The first-order valence-electron chi connectivity index (χ1n) is 12.0. The van der Waals surface area contributed by atoms with Crippen molar-refractivity contribution in [2.75, 3.05) is 30.3 Å². The molecule has 0 bridgehead atoms. The Morgan fingerprint density at radius 2 is 1.92 bits per heavy atom. The number of halogens is 2. The van der Waals surface area contributed by atoms with Gasteiger partial charge in [0.1, 0.15) is 6.61 Å². The van der Waals surface area contributed by atoms with Crippen LogP contribution in [0, 0.1) is 5.92 Å². The molecule has 194 valence electrons. The highest BCUT2D eigenvalue weighted by atomic mass is 19.3. The molecule has 1 aliphatic carbocycles. The number of aromatic nitrogens is 4. The molecule has 1 saturated heterocycles. The molecule has 1 unspecified atom stereocenters. The SMILES string of the molecule is CC[C@@H](C)NC(=O)c1nc(OCC2CC2(F)F)nc(N2CCC(c3ccc(N)c(C(N)=O)n3)CC2)n1. The molecule has 2 amide bonds. The topological polar surface area (TPSA) is 162 Å². The largest absolute Gasteiger partial charge is 0.463 e. The van der Waals surface area contributed by atoms with Gasteiger partial charge in [-0.3, -0.25) is 9.59 Å². The second-order valence-electron chi connectivity index (χ2n) is 9.30. The zero-order valence-corrected chi connectivity index (χ0v) is 20.2. The smallest absolute Gasteiger partial charge is 0.321 e. The molecule has 2 aliphatic rings. The fourth-order valence-corrected chi connectivity index (χ4v) is 3.95. The summed E-state index contributed by atoms with van der Waals surface area (Å²) in [5, 5.41) is 2.80. The third-order valence-electron chi connectivity index (χ3n) is 6.54. The van der Waals surface area contributed by atoms with Crippen molar-refractivity contribution in [1.82, 2.24) is 25.3 Å². The first kappa shape index (κ1) is 25.5. The summed E-state index contributed by atoms with van der Waals surface area (Å²) in [4.78, 5) is 43.2. The number of nitrogens with two attached hydrogens (primary N) is 2. The fraction of sp³-hybridized carbons (Fsp3) is 0.565. The van der Waals surface area contributed by atoms with E-state index in [1.54, 1.807) is 12.1 Å². The maximum Gasteiger partial charge on any atom is 0.321 e. The number of hydrogen-bond donors (Lipinski definition) is 3. The molecule has 4 rings (SSSR count). The highest BCUT2D eigenvalue weighted by Gasteiger charge is 2.57. The fourth-order valence-electron chi connectivity index (χ4n) is 3.95. The molecule has 2 aromatic heterocycles. The van der Waals surface area contributed by atoms with Gasteiger partial charge in [0.2, 0.25) is 11.8 Å². The first-order chi connectivity index (χ1) is 17.1. The number of piperidine rings is 1. The molecule has 1 saturated carbocycles. The van der Waals surface area contributed by atoms with Crippen molar-refractivity contribution in [3.05, 3.63) is 29.3 Å². The van der Waals surface area contributed by atoms with Crippen LogP contribution in [-0.2, 0) is 0 Å². The predicted molar refractivity (Wildman–Crippen MR) is 127 cm³/mol. The summed E-state index contributed by atoms with van der Waals surface area (Å²) in [6.45, 7) is 4.60. The van der Waals surface area contributed by atoms with Crippen LogP contribution in [0.25, 0.3) is 0 Å². The summed E-state index contributed by atoms with van der Waals surface area (Å²) >= 11 is 0. The molecule has 36 heavy (non-hydrogen) atoms. The van der Waals surface area contributed by atoms with Gasteiger partial charge in [0.25, 0.3) is 17.7 Å². The van der Waals surface area contributed by atoms with Gasteiger partial charge in [0.15, 0.2) is 5.69 Å². The van der Waals surface area contributed by atoms with Gasteiger partial charge in [0, 0.05) is 37.2 Å². The van der Waals surface area contributed by atoms with E-state index in [-0.39, 0.29) is 54.2 Å². The lowest BCUT2D eigenvalue weighted by Crippen LogP contribution is -2.37. The monoisotopic (exact) mass is 504 g/mol. The summed E-state index contributed by atoms with van der Waals surface area (Å²) < 4.78 is 32.0. The van der Waals surface area contributed by atoms with Crippen LogP contribution in [0.5, 0.6) is 6.01 Å². The summed E-state index contributed by atoms with van der Waals surface area (Å²) in [7, 11) is 0. The van der Waals surface area contributed by atoms with E-state index in [0.717, 1.165) is 5.69 Å². The highest BCUT2D eigenvalue weighted by Crippen LogP contribution is 2.48. The third kappa shape index (κ3) is 5.77. The third-order valence-corrected chi connectivity index (χ3v) is 6.54. The summed E-state index contributed by atoms with van der Waals surface area (Å²) in [6.07, 6.45) is 1.81. The van der Waals surface area contributed by atoms with Crippen molar-refractivity contribution in [3.8, 4) is 6.01 Å². The number of nitrogens with zero attached hydrogens (tertiary/aromatic N) is 5. The Kier molecular flexibility index (Phi) is 7.18. The molecule has 0 radical (unpaired) electrons. The number of nitrogen functional groups attached to an aromatic ring is 1. The Bertz CT molecular complexity index is 1140. The molecular weight excluding hydrogens is 474 g/mol. The van der Waals surface area contributed by atoms with Crippen molar-refractivity contribution < 1.29 is 23.1 Å². The number of primary amides is 1. The van der Waals surface area contributed by atoms with Crippen molar-refractivity contribution in [1.29, 1.82) is 0 Å². The Balaban J connectivity index is 1.49. The lowest BCUT2D eigenvalue weighted by Gasteiger charge is -2.32. The maximum atomic E-state index is 13.3. The van der Waals surface area contributed by atoms with Gasteiger partial charge in [0.05, 0.1) is 11.6 Å². The molecule has 2 fully saturated rings. The lowest BCUT2D eigenvalue weighted by molar-refractivity contribution is 0.0834. The average Bonchev–Trinajstić information content (AvgIpc) is 3.48. The van der Waals surface area contributed by atoms with Gasteiger partial charge >= 0.3 is 6.01 Å². The predicted octanol–water partition coefficient (Wildman–Crippen LogP) is 1.89. The number of pyridine rings is 1. The molecule has 0 aromatic carbocycles. The van der Waals surface area contributed by atoms with Crippen LogP contribution in [0.4, 0.5) is 20.4 Å². The quantitative estimate of drug-likeness (QED) is 0.463. The van der Waals surface area contributed by atoms with Crippen LogP contribution in [0.2, 0.25) is 0 Å². The minimum absolute atomic E-state index is 0.0485. The molecule has 1 aliphatic heterocycles. The second-order valence-corrected chi connectivity index (χ2v) is 9.30. The van der Waals surface area contributed by atoms with Crippen molar-refractivity contribution in [2.24, 2.45) is 11.7 Å². The van der Waals surface area contributed by atoms with Crippen molar-refractivity contribution in [3.63, 3.8) is 0 Å². The second kappa shape index (κ2) is 10.2. The first-order valence-corrected chi connectivity index (χ1v) is 12.0. The Labute approximate surface area is 207 Å². The molecule has 0 spiro atoms. The standard InChI is InChI=1S/C23H30F2N8O3/c1-3-12(2)28-20(35)19-30-21(32-22(31-19)36-11-14-10-23(14,24)25)33-8-6-13(7-9-33)16-5-4-15(26)17(29-16)18(27)34/h4-5,12-14H,3,6-11,26H2,1-2H3,(H2,27,34)(H,28,35)/t12-,14?/m1/s1. The zero-order valence-electron chi connectivity index (χ0n) is 20.2. The number of ether oxygens (including phenoxy) is 1. The van der Waals surface area contributed by atoms with E-state index in [9.17, 15) is 18.4 Å². The van der Waals surface area contributed by atoms with E-state index in [0.29, 0.717) is 32.4 Å². The van der Waals surface area contributed by atoms with Gasteiger partial charge in [-0.25, -0.2) is 13.8 Å². The molecule has 2 aromatic rings. The van der Waals surface area contributed by atoms with Crippen LogP contribution < -0.4 is 26.4 Å². The summed E-state index contributed by atoms with van der Waals surface area (Å²) in [5.41, 5.74) is 12.2. The maximum absolute atomic E-state index is 13.3. The van der Waals surface area contributed by atoms with E-state index in [1.807, 2.05) is 18.7 Å². The number of carbonyl (C=O) groups is 2. The number of anilines is 2. The van der Waals surface area contributed by atoms with E-state index in [2.05, 4.69) is 25.3 Å². The van der Waals surface area contributed by atoms with Crippen molar-refractivity contribution in [2.45, 2.75) is 57.4 Å². The van der Waals surface area contributed by atoms with E-state index < -0.39 is 23.7 Å². The van der Waals surface area contributed by atoms with Crippen LogP contribution >= 0.6 is 0 Å². The number of amides is 2. The number of hydrogen-bond acceptors (Lipinski definition) is 9. The molecule has 2 atom stereocenters. The van der Waals surface area contributed by atoms with Crippen LogP contribution in [0.3, 0.4) is 0 Å². The lowest BCUT2D eigenvalue weighted by atomic mass is 9.93. The molecular formula is C23H30F2N8O3. The number of alkyl halides is 2. The minimum atomic E-state index is -2.74. The molecule has 11 nitrogen and oxygen atoms in total. The number of carbonyl (C=O) groups excluding carboxylic acids is 2. The number of nitrogens with one attached hydrogen (secondary N) is 1. The molecule has 13 heteroatoms. The van der Waals surface area contributed by atoms with E-state index >= 15 is 0 Å². The van der Waals surface area contributed by atoms with E-state index in [1.165, 1.54) is 0 Å². The Hall–Kier alpha value is -3.64. The Morgan fingerprint density at radius 1 is 1.22 bits per heavy atom. The number of rotatable bonds is 9. The summed E-state index contributed by atoms with van der Waals surface area (Å²) in [5.74, 6) is -4.64. The van der Waals surface area contributed by atoms with E-state index in [4.69, 9.17) is 16.2 Å². The van der Waals surface area contributed by atoms with Crippen LogP contribution in [0.1, 0.15) is 72.3 Å². The van der Waals surface area contributed by atoms with Crippen LogP contribution in [0.15, 0.2) is 12.1 Å².